The molecule has 0 saturated heterocycles. The largest absolute Gasteiger partial charge is 0.333 e. The molecule has 2 heterocycles. The van der Waals surface area contributed by atoms with Gasteiger partial charge in [-0.3, -0.25) is 4.79 Å². The lowest BCUT2D eigenvalue weighted by molar-refractivity contribution is -0.117. The highest BCUT2D eigenvalue weighted by atomic mass is 32.1. The van der Waals surface area contributed by atoms with Gasteiger partial charge in [0, 0.05) is 12.3 Å². The van der Waals surface area contributed by atoms with E-state index in [-0.39, 0.29) is 5.91 Å². The minimum Gasteiger partial charge on any atom is -0.333 e. The van der Waals surface area contributed by atoms with E-state index >= 15 is 0 Å². The number of anilines is 1. The van der Waals surface area contributed by atoms with Gasteiger partial charge in [0.15, 0.2) is 5.82 Å². The predicted molar refractivity (Wildman–Crippen MR) is 84.8 cm³/mol. The number of hydrogen-bond acceptors (Lipinski definition) is 5. The van der Waals surface area contributed by atoms with E-state index in [0.29, 0.717) is 24.1 Å². The molecule has 22 heavy (non-hydrogen) atoms. The van der Waals surface area contributed by atoms with Crippen LogP contribution in [0.2, 0.25) is 0 Å². The summed E-state index contributed by atoms with van der Waals surface area (Å²) in [6.45, 7) is 0. The van der Waals surface area contributed by atoms with Gasteiger partial charge < -0.3 is 9.84 Å². The van der Waals surface area contributed by atoms with Crippen molar-refractivity contribution in [3.8, 4) is 10.8 Å². The number of hydrogen-bond donors (Lipinski definition) is 1. The van der Waals surface area contributed by atoms with Crippen molar-refractivity contribution in [1.29, 1.82) is 0 Å². The molecule has 2 fully saturated rings. The fourth-order valence-corrected chi connectivity index (χ4v) is 3.86. The van der Waals surface area contributed by atoms with Crippen LogP contribution < -0.4 is 5.32 Å². The Morgan fingerprint density at radius 3 is 2.91 bits per heavy atom. The average Bonchev–Trinajstić information content (AvgIpc) is 2.95. The first-order valence-electron chi connectivity index (χ1n) is 8.01. The lowest BCUT2D eigenvalue weighted by Gasteiger charge is -2.09. The molecule has 0 aliphatic heterocycles. The number of amides is 1. The Labute approximate surface area is 133 Å². The highest BCUT2D eigenvalue weighted by Gasteiger charge is 2.29. The molecule has 0 radical (unpaired) electrons. The Morgan fingerprint density at radius 1 is 1.32 bits per heavy atom. The van der Waals surface area contributed by atoms with Gasteiger partial charge in [-0.15, -0.1) is 11.3 Å². The molecule has 0 spiro atoms. The lowest BCUT2D eigenvalue weighted by Crippen LogP contribution is -2.15. The van der Waals surface area contributed by atoms with Crippen molar-refractivity contribution in [3.63, 3.8) is 0 Å². The van der Waals surface area contributed by atoms with Crippen LogP contribution in [0, 0.1) is 5.92 Å². The molecule has 0 atom stereocenters. The van der Waals surface area contributed by atoms with Gasteiger partial charge in [0.25, 0.3) is 5.89 Å². The SMILES string of the molecule is O=C(CC1CCCC1)Nc1ccsc1-c1nc(C2CC2)no1. The van der Waals surface area contributed by atoms with E-state index in [2.05, 4.69) is 15.5 Å². The summed E-state index contributed by atoms with van der Waals surface area (Å²) in [5.41, 5.74) is 0.791. The van der Waals surface area contributed by atoms with Gasteiger partial charge in [0.05, 0.1) is 5.69 Å². The molecular formula is C16H19N3O2S. The Bertz CT molecular complexity index is 668. The maximum Gasteiger partial charge on any atom is 0.270 e. The Morgan fingerprint density at radius 2 is 2.14 bits per heavy atom. The molecule has 2 saturated carbocycles. The fourth-order valence-electron chi connectivity index (χ4n) is 3.09. The van der Waals surface area contributed by atoms with Crippen molar-refractivity contribution in [2.24, 2.45) is 5.92 Å². The minimum atomic E-state index is 0.0912. The predicted octanol–water partition coefficient (Wildman–Crippen LogP) is 4.19. The van der Waals surface area contributed by atoms with E-state index in [1.54, 1.807) is 0 Å². The van der Waals surface area contributed by atoms with Crippen LogP contribution in [0.4, 0.5) is 5.69 Å². The van der Waals surface area contributed by atoms with E-state index in [4.69, 9.17) is 4.52 Å². The smallest absolute Gasteiger partial charge is 0.270 e. The zero-order chi connectivity index (χ0) is 14.9. The molecule has 1 amide bonds. The Balaban J connectivity index is 1.45. The molecule has 2 aromatic rings. The minimum absolute atomic E-state index is 0.0912. The number of aromatic nitrogens is 2. The lowest BCUT2D eigenvalue weighted by atomic mass is 10.0. The summed E-state index contributed by atoms with van der Waals surface area (Å²) in [5.74, 6) is 2.43. The van der Waals surface area contributed by atoms with Crippen LogP contribution in [0.15, 0.2) is 16.0 Å². The zero-order valence-corrected chi connectivity index (χ0v) is 13.2. The Kier molecular flexibility index (Phi) is 3.70. The van der Waals surface area contributed by atoms with E-state index in [1.165, 1.54) is 37.0 Å². The van der Waals surface area contributed by atoms with Crippen LogP contribution in [0.25, 0.3) is 10.8 Å². The van der Waals surface area contributed by atoms with E-state index in [9.17, 15) is 4.79 Å². The average molecular weight is 317 g/mol. The fraction of sp³-hybridized carbons (Fsp3) is 0.562. The summed E-state index contributed by atoms with van der Waals surface area (Å²) >= 11 is 1.52. The van der Waals surface area contributed by atoms with Crippen LogP contribution in [-0.2, 0) is 4.79 Å². The summed E-state index contributed by atoms with van der Waals surface area (Å²) < 4.78 is 5.36. The molecule has 0 unspecified atom stereocenters. The summed E-state index contributed by atoms with van der Waals surface area (Å²) in [7, 11) is 0. The second-order valence-corrected chi connectivity index (χ2v) is 7.21. The number of carbonyl (C=O) groups is 1. The van der Waals surface area contributed by atoms with Gasteiger partial charge >= 0.3 is 0 Å². The second kappa shape index (κ2) is 5.83. The normalized spacial score (nSPS) is 18.7. The molecule has 4 rings (SSSR count). The molecule has 0 bridgehead atoms. The topological polar surface area (TPSA) is 68.0 Å². The number of nitrogens with one attached hydrogen (secondary N) is 1. The van der Waals surface area contributed by atoms with Crippen molar-refractivity contribution >= 4 is 22.9 Å². The number of rotatable bonds is 5. The van der Waals surface area contributed by atoms with Crippen molar-refractivity contribution in [1.82, 2.24) is 10.1 Å². The van der Waals surface area contributed by atoms with E-state index in [0.717, 1.165) is 29.2 Å². The van der Waals surface area contributed by atoms with Gasteiger partial charge in [0.1, 0.15) is 4.88 Å². The summed E-state index contributed by atoms with van der Waals surface area (Å²) in [6, 6.07) is 1.91. The van der Waals surface area contributed by atoms with E-state index < -0.39 is 0 Å². The summed E-state index contributed by atoms with van der Waals surface area (Å²) in [5, 5.41) is 9.01. The highest BCUT2D eigenvalue weighted by molar-refractivity contribution is 7.14. The first kappa shape index (κ1) is 13.9. The molecule has 0 aromatic carbocycles. The van der Waals surface area contributed by atoms with Gasteiger partial charge in [0.2, 0.25) is 5.91 Å². The van der Waals surface area contributed by atoms with Crippen LogP contribution in [0.1, 0.15) is 56.7 Å². The highest BCUT2D eigenvalue weighted by Crippen LogP contribution is 2.40. The first-order valence-corrected chi connectivity index (χ1v) is 8.89. The third kappa shape index (κ3) is 2.92. The third-order valence-corrected chi connectivity index (χ3v) is 5.37. The van der Waals surface area contributed by atoms with Crippen molar-refractivity contribution in [3.05, 3.63) is 17.3 Å². The summed E-state index contributed by atoms with van der Waals surface area (Å²) in [6.07, 6.45) is 7.78. The van der Waals surface area contributed by atoms with Crippen LogP contribution >= 0.6 is 11.3 Å². The monoisotopic (exact) mass is 317 g/mol. The standard InChI is InChI=1S/C16H19N3O2S/c20-13(9-10-3-1-2-4-10)17-12-7-8-22-14(12)16-18-15(19-21-16)11-5-6-11/h7-8,10-11H,1-6,9H2,(H,17,20). The van der Waals surface area contributed by atoms with Gasteiger partial charge in [-0.2, -0.15) is 4.98 Å². The van der Waals surface area contributed by atoms with Gasteiger partial charge in [-0.25, -0.2) is 0 Å². The maximum atomic E-state index is 12.2. The molecule has 1 N–H and O–H groups in total. The molecule has 2 aliphatic carbocycles. The zero-order valence-electron chi connectivity index (χ0n) is 12.4. The molecule has 116 valence electrons. The number of nitrogens with zero attached hydrogens (tertiary/aromatic N) is 2. The number of thiophene rings is 1. The maximum absolute atomic E-state index is 12.2. The van der Waals surface area contributed by atoms with Gasteiger partial charge in [-0.1, -0.05) is 18.0 Å². The van der Waals surface area contributed by atoms with Gasteiger partial charge in [-0.05, 0) is 43.0 Å². The number of carbonyl (C=O) groups excluding carboxylic acids is 1. The first-order chi connectivity index (χ1) is 10.8. The summed E-state index contributed by atoms with van der Waals surface area (Å²) in [4.78, 5) is 17.5. The van der Waals surface area contributed by atoms with Crippen LogP contribution in [0.3, 0.4) is 0 Å². The third-order valence-electron chi connectivity index (χ3n) is 4.47. The molecule has 2 aliphatic rings. The molecule has 5 nitrogen and oxygen atoms in total. The Hall–Kier alpha value is -1.69. The molecular weight excluding hydrogens is 298 g/mol. The van der Waals surface area contributed by atoms with Crippen molar-refractivity contribution in [2.75, 3.05) is 5.32 Å². The molecule has 2 aromatic heterocycles. The van der Waals surface area contributed by atoms with Crippen molar-refractivity contribution in [2.45, 2.75) is 50.9 Å². The van der Waals surface area contributed by atoms with E-state index in [1.807, 2.05) is 11.4 Å². The second-order valence-electron chi connectivity index (χ2n) is 6.30. The quantitative estimate of drug-likeness (QED) is 0.897. The van der Waals surface area contributed by atoms with Crippen molar-refractivity contribution < 1.29 is 9.32 Å². The molecule has 6 heteroatoms. The van der Waals surface area contributed by atoms with Crippen LogP contribution in [-0.4, -0.2) is 16.0 Å². The van der Waals surface area contributed by atoms with Crippen LogP contribution in [0.5, 0.6) is 0 Å².